The molecule has 1 aliphatic carbocycles. The lowest BCUT2D eigenvalue weighted by molar-refractivity contribution is 0.0964. The van der Waals surface area contributed by atoms with Crippen LogP contribution in [0.15, 0.2) is 24.5 Å². The Hall–Kier alpha value is -0.970. The topological polar surface area (TPSA) is 31.4 Å². The van der Waals surface area contributed by atoms with Crippen molar-refractivity contribution in [1.29, 1.82) is 0 Å². The molecular formula is C18H30N4. The summed E-state index contributed by atoms with van der Waals surface area (Å²) in [6, 6.07) is 5.53. The van der Waals surface area contributed by atoms with Crippen LogP contribution in [0.4, 0.5) is 0 Å². The lowest BCUT2D eigenvalue weighted by Crippen LogP contribution is -2.48. The highest BCUT2D eigenvalue weighted by Gasteiger charge is 2.27. The van der Waals surface area contributed by atoms with Gasteiger partial charge in [0.25, 0.3) is 0 Å². The molecule has 1 atom stereocenters. The van der Waals surface area contributed by atoms with Crippen LogP contribution in [-0.2, 0) is 0 Å². The average molecular weight is 302 g/mol. The van der Waals surface area contributed by atoms with Gasteiger partial charge in [0.05, 0.1) is 0 Å². The monoisotopic (exact) mass is 302 g/mol. The zero-order valence-corrected chi connectivity index (χ0v) is 13.9. The largest absolute Gasteiger partial charge is 0.314 e. The highest BCUT2D eigenvalue weighted by atomic mass is 15.2. The second kappa shape index (κ2) is 8.04. The molecular weight excluding hydrogens is 272 g/mol. The summed E-state index contributed by atoms with van der Waals surface area (Å²) in [6.45, 7) is 5.69. The normalized spacial score (nSPS) is 22.8. The van der Waals surface area contributed by atoms with Crippen LogP contribution in [0.25, 0.3) is 0 Å². The Labute approximate surface area is 134 Å². The summed E-state index contributed by atoms with van der Waals surface area (Å²) in [4.78, 5) is 9.61. The summed E-state index contributed by atoms with van der Waals surface area (Å²) in [7, 11) is 2.33. The van der Waals surface area contributed by atoms with E-state index in [-0.39, 0.29) is 0 Å². The first kappa shape index (κ1) is 15.9. The van der Waals surface area contributed by atoms with Gasteiger partial charge in [-0.3, -0.25) is 14.8 Å². The number of piperazine rings is 1. The predicted molar refractivity (Wildman–Crippen MR) is 90.9 cm³/mol. The number of rotatable bonds is 5. The molecule has 0 spiro atoms. The van der Waals surface area contributed by atoms with Crippen molar-refractivity contribution in [2.24, 2.45) is 0 Å². The van der Waals surface area contributed by atoms with Gasteiger partial charge in [-0.25, -0.2) is 0 Å². The quantitative estimate of drug-likeness (QED) is 0.904. The minimum absolute atomic E-state index is 0.467. The number of hydrogen-bond acceptors (Lipinski definition) is 4. The molecule has 1 aliphatic heterocycles. The molecule has 22 heavy (non-hydrogen) atoms. The second-order valence-corrected chi connectivity index (χ2v) is 6.81. The molecule has 2 fully saturated rings. The smallest absolute Gasteiger partial charge is 0.0490 e. The molecule has 4 nitrogen and oxygen atoms in total. The van der Waals surface area contributed by atoms with E-state index < -0.39 is 0 Å². The number of hydrogen-bond donors (Lipinski definition) is 1. The fourth-order valence-electron chi connectivity index (χ4n) is 3.92. The molecule has 4 heteroatoms. The first-order valence-electron chi connectivity index (χ1n) is 8.89. The van der Waals surface area contributed by atoms with Gasteiger partial charge in [-0.05, 0) is 31.5 Å². The maximum Gasteiger partial charge on any atom is 0.0490 e. The van der Waals surface area contributed by atoms with Crippen molar-refractivity contribution in [1.82, 2.24) is 20.1 Å². The van der Waals surface area contributed by atoms with Crippen molar-refractivity contribution >= 4 is 0 Å². The summed E-state index contributed by atoms with van der Waals surface area (Å²) in [6.07, 6.45) is 10.9. The molecule has 0 bridgehead atoms. The van der Waals surface area contributed by atoms with Gasteiger partial charge < -0.3 is 5.32 Å². The zero-order chi connectivity index (χ0) is 15.2. The van der Waals surface area contributed by atoms with E-state index in [1.54, 1.807) is 0 Å². The van der Waals surface area contributed by atoms with Gasteiger partial charge >= 0.3 is 0 Å². The Morgan fingerprint density at radius 3 is 2.73 bits per heavy atom. The lowest BCUT2D eigenvalue weighted by atomic mass is 9.92. The van der Waals surface area contributed by atoms with Crippen molar-refractivity contribution in [2.75, 3.05) is 39.8 Å². The van der Waals surface area contributed by atoms with E-state index in [0.29, 0.717) is 6.04 Å². The minimum Gasteiger partial charge on any atom is -0.314 e. The molecule has 0 amide bonds. The maximum atomic E-state index is 4.37. The zero-order valence-electron chi connectivity index (χ0n) is 13.9. The van der Waals surface area contributed by atoms with E-state index in [1.165, 1.54) is 37.7 Å². The number of nitrogens with one attached hydrogen (secondary N) is 1. The number of aromatic nitrogens is 1. The molecule has 3 rings (SSSR count). The third-order valence-electron chi connectivity index (χ3n) is 5.35. The SMILES string of the molecule is CN(C1CCCCC1)C(CN1CCNCC1)c1cccnc1. The third-order valence-corrected chi connectivity index (χ3v) is 5.35. The molecule has 1 saturated carbocycles. The van der Waals surface area contributed by atoms with Crippen molar-refractivity contribution in [3.8, 4) is 0 Å². The molecule has 0 aromatic carbocycles. The van der Waals surface area contributed by atoms with Gasteiger partial charge in [0, 0.05) is 57.2 Å². The fourth-order valence-corrected chi connectivity index (χ4v) is 3.92. The molecule has 2 aliphatic rings. The summed E-state index contributed by atoms with van der Waals surface area (Å²) in [5.74, 6) is 0. The van der Waals surface area contributed by atoms with Crippen LogP contribution in [0.1, 0.15) is 43.7 Å². The molecule has 1 unspecified atom stereocenters. The van der Waals surface area contributed by atoms with Gasteiger partial charge in [0.2, 0.25) is 0 Å². The summed E-state index contributed by atoms with van der Waals surface area (Å²) in [5.41, 5.74) is 1.37. The summed E-state index contributed by atoms with van der Waals surface area (Å²) < 4.78 is 0. The van der Waals surface area contributed by atoms with E-state index in [2.05, 4.69) is 45.5 Å². The van der Waals surface area contributed by atoms with E-state index >= 15 is 0 Å². The van der Waals surface area contributed by atoms with Crippen LogP contribution >= 0.6 is 0 Å². The average Bonchev–Trinajstić information content (AvgIpc) is 2.61. The van der Waals surface area contributed by atoms with Gasteiger partial charge in [-0.2, -0.15) is 0 Å². The standard InChI is InChI=1S/C18H30N4/c1-21(17-7-3-2-4-8-17)18(16-6-5-9-20-14-16)15-22-12-10-19-11-13-22/h5-6,9,14,17-19H,2-4,7-8,10-13,15H2,1H3. The number of likely N-dealkylation sites (N-methyl/N-ethyl adjacent to an activating group) is 1. The number of pyridine rings is 1. The first-order valence-corrected chi connectivity index (χ1v) is 8.89. The van der Waals surface area contributed by atoms with E-state index in [1.807, 2.05) is 6.20 Å². The molecule has 0 radical (unpaired) electrons. The van der Waals surface area contributed by atoms with Crippen molar-refractivity contribution < 1.29 is 0 Å². The van der Waals surface area contributed by atoms with Crippen molar-refractivity contribution in [3.63, 3.8) is 0 Å². The van der Waals surface area contributed by atoms with Crippen LogP contribution in [0.5, 0.6) is 0 Å². The van der Waals surface area contributed by atoms with E-state index in [4.69, 9.17) is 0 Å². The van der Waals surface area contributed by atoms with Crippen LogP contribution in [0, 0.1) is 0 Å². The van der Waals surface area contributed by atoms with Crippen LogP contribution in [0.3, 0.4) is 0 Å². The number of nitrogens with zero attached hydrogens (tertiary/aromatic N) is 3. The Bertz CT molecular complexity index is 424. The van der Waals surface area contributed by atoms with Crippen molar-refractivity contribution in [2.45, 2.75) is 44.2 Å². The molecule has 1 aromatic heterocycles. The Morgan fingerprint density at radius 2 is 2.05 bits per heavy atom. The first-order chi connectivity index (χ1) is 10.8. The molecule has 1 saturated heterocycles. The van der Waals surface area contributed by atoms with Crippen LogP contribution in [-0.4, -0.2) is 60.6 Å². The van der Waals surface area contributed by atoms with Gasteiger partial charge in [-0.15, -0.1) is 0 Å². The van der Waals surface area contributed by atoms with Gasteiger partial charge in [0.1, 0.15) is 0 Å². The fraction of sp³-hybridized carbons (Fsp3) is 0.722. The lowest BCUT2D eigenvalue weighted by Gasteiger charge is -2.40. The maximum absolute atomic E-state index is 4.37. The molecule has 1 aromatic rings. The van der Waals surface area contributed by atoms with E-state index in [9.17, 15) is 0 Å². The second-order valence-electron chi connectivity index (χ2n) is 6.81. The van der Waals surface area contributed by atoms with E-state index in [0.717, 1.165) is 38.8 Å². The predicted octanol–water partition coefficient (Wildman–Crippen LogP) is 2.29. The van der Waals surface area contributed by atoms with Crippen LogP contribution in [0.2, 0.25) is 0 Å². The summed E-state index contributed by atoms with van der Waals surface area (Å²) >= 11 is 0. The summed E-state index contributed by atoms with van der Waals surface area (Å²) in [5, 5.41) is 3.45. The Morgan fingerprint density at radius 1 is 1.27 bits per heavy atom. The molecule has 2 heterocycles. The minimum atomic E-state index is 0.467. The van der Waals surface area contributed by atoms with Gasteiger partial charge in [0.15, 0.2) is 0 Å². The molecule has 1 N–H and O–H groups in total. The third kappa shape index (κ3) is 4.06. The highest BCUT2D eigenvalue weighted by Crippen LogP contribution is 2.29. The molecule has 122 valence electrons. The van der Waals surface area contributed by atoms with Gasteiger partial charge in [-0.1, -0.05) is 25.3 Å². The van der Waals surface area contributed by atoms with Crippen LogP contribution < -0.4 is 5.32 Å². The van der Waals surface area contributed by atoms with Crippen molar-refractivity contribution in [3.05, 3.63) is 30.1 Å². The highest BCUT2D eigenvalue weighted by molar-refractivity contribution is 5.15. The Kier molecular flexibility index (Phi) is 5.82. The Balaban J connectivity index is 1.72.